The molecule has 1 fully saturated rings. The summed E-state index contributed by atoms with van der Waals surface area (Å²) in [6.45, 7) is 2.68. The molecule has 0 atom stereocenters. The van der Waals surface area contributed by atoms with Crippen LogP contribution < -0.4 is 5.32 Å². The zero-order valence-corrected chi connectivity index (χ0v) is 10.8. The minimum atomic E-state index is -0.0557. The number of Topliss-reactive ketones (excluding diaryl/α,β-unsaturated/α-hetero) is 1. The summed E-state index contributed by atoms with van der Waals surface area (Å²) in [4.78, 5) is 12.2. The van der Waals surface area contributed by atoms with Gasteiger partial charge < -0.3 is 10.1 Å². The Morgan fingerprint density at radius 1 is 1.42 bits per heavy atom. The van der Waals surface area contributed by atoms with Crippen LogP contribution in [0.4, 0.5) is 0 Å². The van der Waals surface area contributed by atoms with E-state index >= 15 is 0 Å². The molecule has 0 aliphatic carbocycles. The standard InChI is InChI=1S/C13H18N4O2/c18-13(10-2-1-7-19-9-10)12-8-17(16-15-12)11-3-5-14-6-4-11/h8-9,11,14H,1-7H2. The number of allylic oxidation sites excluding steroid dienone is 1. The van der Waals surface area contributed by atoms with Crippen molar-refractivity contribution in [3.05, 3.63) is 23.7 Å². The van der Waals surface area contributed by atoms with Crippen LogP contribution in [0.25, 0.3) is 0 Å². The Hall–Kier alpha value is -1.69. The summed E-state index contributed by atoms with van der Waals surface area (Å²) in [7, 11) is 0. The fourth-order valence-corrected chi connectivity index (χ4v) is 2.53. The van der Waals surface area contributed by atoms with Crippen LogP contribution in [0.2, 0.25) is 0 Å². The zero-order chi connectivity index (χ0) is 13.1. The number of hydrogen-bond acceptors (Lipinski definition) is 5. The maximum Gasteiger partial charge on any atom is 0.213 e. The number of piperidine rings is 1. The number of ether oxygens (including phenoxy) is 1. The molecule has 0 unspecified atom stereocenters. The molecule has 0 radical (unpaired) electrons. The molecule has 2 aliphatic rings. The van der Waals surface area contributed by atoms with Crippen molar-refractivity contribution in [3.8, 4) is 0 Å². The molecule has 0 amide bonds. The van der Waals surface area contributed by atoms with Gasteiger partial charge in [0.15, 0.2) is 5.69 Å². The Morgan fingerprint density at radius 3 is 3.00 bits per heavy atom. The minimum absolute atomic E-state index is 0.0557. The third-order valence-electron chi connectivity index (χ3n) is 3.65. The quantitative estimate of drug-likeness (QED) is 0.825. The van der Waals surface area contributed by atoms with Crippen LogP contribution in [-0.4, -0.2) is 40.5 Å². The second-order valence-corrected chi connectivity index (χ2v) is 5.01. The van der Waals surface area contributed by atoms with Crippen LogP contribution in [-0.2, 0) is 4.74 Å². The average Bonchev–Trinajstić information content (AvgIpc) is 2.98. The lowest BCUT2D eigenvalue weighted by atomic mass is 10.0. The van der Waals surface area contributed by atoms with Crippen LogP contribution in [0.1, 0.15) is 42.2 Å². The first kappa shape index (κ1) is 12.3. The summed E-state index contributed by atoms with van der Waals surface area (Å²) >= 11 is 0. The van der Waals surface area contributed by atoms with Crippen molar-refractivity contribution in [2.75, 3.05) is 19.7 Å². The van der Waals surface area contributed by atoms with Crippen molar-refractivity contribution < 1.29 is 9.53 Å². The Labute approximate surface area is 111 Å². The van der Waals surface area contributed by atoms with Crippen LogP contribution >= 0.6 is 0 Å². The topological polar surface area (TPSA) is 69.0 Å². The Balaban J connectivity index is 1.73. The maximum atomic E-state index is 12.2. The molecule has 1 N–H and O–H groups in total. The normalized spacial score (nSPS) is 20.7. The fourth-order valence-electron chi connectivity index (χ4n) is 2.53. The van der Waals surface area contributed by atoms with E-state index in [9.17, 15) is 4.79 Å². The van der Waals surface area contributed by atoms with Gasteiger partial charge in [0.2, 0.25) is 5.78 Å². The van der Waals surface area contributed by atoms with Crippen molar-refractivity contribution >= 4 is 5.78 Å². The van der Waals surface area contributed by atoms with Gasteiger partial charge in [-0.15, -0.1) is 5.10 Å². The molecule has 6 heteroatoms. The first-order chi connectivity index (χ1) is 9.34. The minimum Gasteiger partial charge on any atom is -0.501 e. The van der Waals surface area contributed by atoms with E-state index < -0.39 is 0 Å². The van der Waals surface area contributed by atoms with E-state index in [4.69, 9.17) is 4.74 Å². The van der Waals surface area contributed by atoms with Crippen molar-refractivity contribution in [3.63, 3.8) is 0 Å². The van der Waals surface area contributed by atoms with Crippen LogP contribution in [0.15, 0.2) is 18.0 Å². The van der Waals surface area contributed by atoms with Gasteiger partial charge in [-0.05, 0) is 38.8 Å². The van der Waals surface area contributed by atoms with Crippen LogP contribution in [0, 0.1) is 0 Å². The number of nitrogens with zero attached hydrogens (tertiary/aromatic N) is 3. The van der Waals surface area contributed by atoms with Gasteiger partial charge in [0.05, 0.1) is 25.1 Å². The number of carbonyl (C=O) groups excluding carboxylic acids is 1. The Kier molecular flexibility index (Phi) is 3.59. The molecule has 19 heavy (non-hydrogen) atoms. The molecule has 1 aromatic heterocycles. The molecule has 102 valence electrons. The highest BCUT2D eigenvalue weighted by molar-refractivity contribution is 6.07. The van der Waals surface area contributed by atoms with E-state index in [1.165, 1.54) is 0 Å². The molecule has 2 aliphatic heterocycles. The van der Waals surface area contributed by atoms with Crippen molar-refractivity contribution in [2.24, 2.45) is 0 Å². The summed E-state index contributed by atoms with van der Waals surface area (Å²) < 4.78 is 7.03. The predicted molar refractivity (Wildman–Crippen MR) is 68.8 cm³/mol. The summed E-state index contributed by atoms with van der Waals surface area (Å²) in [5.74, 6) is -0.0557. The van der Waals surface area contributed by atoms with Gasteiger partial charge in [-0.25, -0.2) is 4.68 Å². The molecular weight excluding hydrogens is 244 g/mol. The van der Waals surface area contributed by atoms with E-state index in [1.807, 2.05) is 4.68 Å². The molecular formula is C13H18N4O2. The average molecular weight is 262 g/mol. The first-order valence-corrected chi connectivity index (χ1v) is 6.82. The van der Waals surface area contributed by atoms with E-state index in [-0.39, 0.29) is 5.78 Å². The zero-order valence-electron chi connectivity index (χ0n) is 10.8. The molecule has 3 heterocycles. The van der Waals surface area contributed by atoms with Crippen LogP contribution in [0.5, 0.6) is 0 Å². The number of hydrogen-bond donors (Lipinski definition) is 1. The molecule has 6 nitrogen and oxygen atoms in total. The molecule has 3 rings (SSSR count). The third-order valence-corrected chi connectivity index (χ3v) is 3.65. The number of aromatic nitrogens is 3. The number of ketones is 1. The van der Waals surface area contributed by atoms with Crippen LogP contribution in [0.3, 0.4) is 0 Å². The largest absolute Gasteiger partial charge is 0.501 e. The number of nitrogens with one attached hydrogen (secondary N) is 1. The lowest BCUT2D eigenvalue weighted by molar-refractivity contribution is 0.100. The SMILES string of the molecule is O=C(C1=COCCC1)c1cn(C2CCNCC2)nn1. The van der Waals surface area contributed by atoms with Crippen molar-refractivity contribution in [2.45, 2.75) is 31.7 Å². The third kappa shape index (κ3) is 2.68. The van der Waals surface area contributed by atoms with Gasteiger partial charge in [-0.2, -0.15) is 0 Å². The number of rotatable bonds is 3. The number of carbonyl (C=O) groups is 1. The lowest BCUT2D eigenvalue weighted by Crippen LogP contribution is -2.29. The van der Waals surface area contributed by atoms with Crippen molar-refractivity contribution in [1.82, 2.24) is 20.3 Å². The summed E-state index contributed by atoms with van der Waals surface area (Å²) in [6, 6.07) is 0.354. The summed E-state index contributed by atoms with van der Waals surface area (Å²) in [5.41, 5.74) is 1.12. The van der Waals surface area contributed by atoms with E-state index in [0.29, 0.717) is 23.9 Å². The highest BCUT2D eigenvalue weighted by atomic mass is 16.5. The second-order valence-electron chi connectivity index (χ2n) is 5.01. The molecule has 1 aromatic rings. The Bertz CT molecular complexity index is 489. The summed E-state index contributed by atoms with van der Waals surface area (Å²) in [6.07, 6.45) is 7.05. The van der Waals surface area contributed by atoms with Gasteiger partial charge in [0.1, 0.15) is 0 Å². The van der Waals surface area contributed by atoms with Gasteiger partial charge in [0, 0.05) is 5.57 Å². The maximum absolute atomic E-state index is 12.2. The molecule has 1 saturated heterocycles. The van der Waals surface area contributed by atoms with Gasteiger partial charge in [0.25, 0.3) is 0 Å². The van der Waals surface area contributed by atoms with Gasteiger partial charge in [-0.1, -0.05) is 5.21 Å². The molecule has 0 saturated carbocycles. The van der Waals surface area contributed by atoms with Crippen molar-refractivity contribution in [1.29, 1.82) is 0 Å². The fraction of sp³-hybridized carbons (Fsp3) is 0.615. The second kappa shape index (κ2) is 5.52. The van der Waals surface area contributed by atoms with Gasteiger partial charge in [-0.3, -0.25) is 4.79 Å². The smallest absolute Gasteiger partial charge is 0.213 e. The van der Waals surface area contributed by atoms with E-state index in [0.717, 1.165) is 38.8 Å². The first-order valence-electron chi connectivity index (χ1n) is 6.82. The summed E-state index contributed by atoms with van der Waals surface area (Å²) in [5, 5.41) is 11.4. The molecule has 0 spiro atoms. The van der Waals surface area contributed by atoms with E-state index in [1.54, 1.807) is 12.5 Å². The predicted octanol–water partition coefficient (Wildman–Crippen LogP) is 1.08. The monoisotopic (exact) mass is 262 g/mol. The molecule has 0 aromatic carbocycles. The lowest BCUT2D eigenvalue weighted by Gasteiger charge is -2.22. The van der Waals surface area contributed by atoms with E-state index in [2.05, 4.69) is 15.6 Å². The molecule has 0 bridgehead atoms. The van der Waals surface area contributed by atoms with Gasteiger partial charge >= 0.3 is 0 Å². The highest BCUT2D eigenvalue weighted by Crippen LogP contribution is 2.20. The Morgan fingerprint density at radius 2 is 2.26 bits per heavy atom. The highest BCUT2D eigenvalue weighted by Gasteiger charge is 2.21.